The Morgan fingerprint density at radius 3 is 2.77 bits per heavy atom. The van der Waals surface area contributed by atoms with Gasteiger partial charge in [0.2, 0.25) is 0 Å². The summed E-state index contributed by atoms with van der Waals surface area (Å²) in [4.78, 5) is 12.1. The fraction of sp³-hybridized carbons (Fsp3) is 0.588. The Morgan fingerprint density at radius 1 is 1.36 bits per heavy atom. The number of halogens is 1. The van der Waals surface area contributed by atoms with E-state index < -0.39 is 18.3 Å². The van der Waals surface area contributed by atoms with E-state index in [0.29, 0.717) is 5.92 Å². The lowest BCUT2D eigenvalue weighted by atomic mass is 9.96. The van der Waals surface area contributed by atoms with Gasteiger partial charge in [0, 0.05) is 9.61 Å². The third-order valence-electron chi connectivity index (χ3n) is 5.00. The van der Waals surface area contributed by atoms with Crippen molar-refractivity contribution in [3.63, 3.8) is 0 Å². The lowest BCUT2D eigenvalue weighted by Gasteiger charge is -2.25. The third kappa shape index (κ3) is 3.40. The second-order valence-electron chi connectivity index (χ2n) is 6.50. The van der Waals surface area contributed by atoms with Gasteiger partial charge in [-0.3, -0.25) is 0 Å². The number of rotatable bonds is 4. The largest absolute Gasteiger partial charge is 0.443 e. The van der Waals surface area contributed by atoms with E-state index in [1.54, 1.807) is 6.92 Å². The highest BCUT2D eigenvalue weighted by Crippen LogP contribution is 2.44. The molecule has 0 spiro atoms. The van der Waals surface area contributed by atoms with Gasteiger partial charge in [-0.25, -0.2) is 4.79 Å². The number of hydrogen-bond donors (Lipinski definition) is 2. The molecule has 0 aromatic heterocycles. The fourth-order valence-electron chi connectivity index (χ4n) is 3.81. The number of hydrogen-bond acceptors (Lipinski definition) is 3. The van der Waals surface area contributed by atoms with Gasteiger partial charge >= 0.3 is 6.09 Å². The van der Waals surface area contributed by atoms with Crippen molar-refractivity contribution in [1.82, 2.24) is 5.32 Å². The van der Waals surface area contributed by atoms with Crippen molar-refractivity contribution in [2.75, 3.05) is 0 Å². The molecule has 2 saturated carbocycles. The molecule has 1 aromatic carbocycles. The number of alkyl carbamates (subject to hydrolysis) is 1. The van der Waals surface area contributed by atoms with Crippen LogP contribution in [0.15, 0.2) is 24.3 Å². The lowest BCUT2D eigenvalue weighted by molar-refractivity contribution is 0.00960. The molecule has 4 nitrogen and oxygen atoms in total. The number of carbonyl (C=O) groups excluding carboxylic acids is 1. The molecule has 5 atom stereocenters. The fourth-order valence-corrected chi connectivity index (χ4v) is 4.51. The number of nitrogens with one attached hydrogen (secondary N) is 1. The zero-order valence-corrected chi connectivity index (χ0v) is 14.8. The summed E-state index contributed by atoms with van der Waals surface area (Å²) in [5.74, 6) is 1.40. The van der Waals surface area contributed by atoms with Gasteiger partial charge in [0.25, 0.3) is 0 Å². The molecule has 0 radical (unpaired) electrons. The lowest BCUT2D eigenvalue weighted by Crippen LogP contribution is -2.40. The van der Waals surface area contributed by atoms with E-state index >= 15 is 0 Å². The van der Waals surface area contributed by atoms with Crippen LogP contribution in [-0.4, -0.2) is 23.3 Å². The van der Waals surface area contributed by atoms with Crippen molar-refractivity contribution in [1.29, 1.82) is 0 Å². The Morgan fingerprint density at radius 2 is 2.14 bits per heavy atom. The molecule has 2 fully saturated rings. The predicted molar refractivity (Wildman–Crippen MR) is 92.4 cm³/mol. The number of aliphatic hydroxyl groups is 1. The van der Waals surface area contributed by atoms with Gasteiger partial charge in [-0.2, -0.15) is 0 Å². The monoisotopic (exact) mass is 415 g/mol. The van der Waals surface area contributed by atoms with Gasteiger partial charge in [-0.05, 0) is 72.2 Å². The summed E-state index contributed by atoms with van der Waals surface area (Å²) in [6, 6.07) is 7.85. The Balaban J connectivity index is 1.53. The van der Waals surface area contributed by atoms with Crippen molar-refractivity contribution in [2.45, 2.75) is 50.9 Å². The van der Waals surface area contributed by atoms with Gasteiger partial charge in [-0.1, -0.05) is 24.6 Å². The summed E-state index contributed by atoms with van der Waals surface area (Å²) in [5, 5.41) is 13.4. The van der Waals surface area contributed by atoms with Crippen LogP contribution in [-0.2, 0) is 4.74 Å². The first-order valence-corrected chi connectivity index (χ1v) is 9.02. The van der Waals surface area contributed by atoms with Gasteiger partial charge in [0.15, 0.2) is 0 Å². The van der Waals surface area contributed by atoms with Gasteiger partial charge in [-0.15, -0.1) is 0 Å². The maximum Gasteiger partial charge on any atom is 0.407 e. The molecule has 2 aliphatic carbocycles. The summed E-state index contributed by atoms with van der Waals surface area (Å²) >= 11 is 2.18. The molecule has 2 aliphatic rings. The predicted octanol–water partition coefficient (Wildman–Crippen LogP) is 3.63. The molecule has 0 saturated heterocycles. The Bertz CT molecular complexity index is 550. The van der Waals surface area contributed by atoms with E-state index in [4.69, 9.17) is 4.74 Å². The highest BCUT2D eigenvalue weighted by Gasteiger charge is 2.40. The molecular weight excluding hydrogens is 393 g/mol. The molecule has 2 N–H and O–H groups in total. The minimum atomic E-state index is -0.807. The Labute approximate surface area is 144 Å². The van der Waals surface area contributed by atoms with Crippen LogP contribution in [0.25, 0.3) is 0 Å². The molecule has 0 heterocycles. The van der Waals surface area contributed by atoms with Crippen LogP contribution < -0.4 is 5.32 Å². The number of amides is 1. The third-order valence-corrected chi connectivity index (χ3v) is 5.99. The van der Waals surface area contributed by atoms with Crippen molar-refractivity contribution < 1.29 is 14.6 Å². The molecule has 22 heavy (non-hydrogen) atoms. The van der Waals surface area contributed by atoms with Crippen LogP contribution in [0.3, 0.4) is 0 Å². The van der Waals surface area contributed by atoms with Crippen molar-refractivity contribution in [3.05, 3.63) is 33.4 Å². The van der Waals surface area contributed by atoms with E-state index in [0.717, 1.165) is 21.5 Å². The molecule has 3 unspecified atom stereocenters. The second-order valence-corrected chi connectivity index (χ2v) is 7.66. The van der Waals surface area contributed by atoms with E-state index in [-0.39, 0.29) is 6.04 Å². The van der Waals surface area contributed by atoms with Crippen LogP contribution >= 0.6 is 22.6 Å². The van der Waals surface area contributed by atoms with Gasteiger partial charge < -0.3 is 15.2 Å². The minimum absolute atomic E-state index is 0.257. The quantitative estimate of drug-likeness (QED) is 0.739. The second kappa shape index (κ2) is 6.74. The number of ether oxygens (including phenoxy) is 1. The van der Waals surface area contributed by atoms with E-state index in [2.05, 4.69) is 27.9 Å². The normalized spacial score (nSPS) is 29.1. The van der Waals surface area contributed by atoms with Crippen LogP contribution in [0.5, 0.6) is 0 Å². The van der Waals surface area contributed by atoms with E-state index in [1.807, 2.05) is 24.3 Å². The highest BCUT2D eigenvalue weighted by molar-refractivity contribution is 14.1. The molecule has 5 heteroatoms. The molecule has 0 aliphatic heterocycles. The van der Waals surface area contributed by atoms with Crippen LogP contribution in [0.2, 0.25) is 0 Å². The molecule has 2 bridgehead atoms. The molecule has 3 rings (SSSR count). The van der Waals surface area contributed by atoms with Crippen molar-refractivity contribution in [3.8, 4) is 0 Å². The average Bonchev–Trinajstić information content (AvgIpc) is 3.09. The topological polar surface area (TPSA) is 58.6 Å². The highest BCUT2D eigenvalue weighted by atomic mass is 127. The number of carbonyl (C=O) groups is 1. The summed E-state index contributed by atoms with van der Waals surface area (Å²) in [7, 11) is 0. The van der Waals surface area contributed by atoms with Crippen molar-refractivity contribution in [2.24, 2.45) is 11.8 Å². The summed E-state index contributed by atoms with van der Waals surface area (Å²) in [5.41, 5.74) is 0.795. The molecule has 120 valence electrons. The average molecular weight is 415 g/mol. The number of fused-ring (bicyclic) bond motifs is 2. The zero-order chi connectivity index (χ0) is 15.7. The standard InChI is InChI=1S/C17H22INO3/c1-10(16(20)13-4-2-3-5-14(13)18)22-17(21)19-15-9-11-6-7-12(15)8-11/h2-5,10-12,15-16,20H,6-9H2,1H3,(H,19,21)/t10-,11?,12?,15?,16+/m0/s1. The Kier molecular flexibility index (Phi) is 4.92. The molecule has 1 amide bonds. The molecular formula is C17H22INO3. The van der Waals surface area contributed by atoms with E-state index in [9.17, 15) is 9.90 Å². The van der Waals surface area contributed by atoms with Crippen LogP contribution in [0.4, 0.5) is 4.79 Å². The SMILES string of the molecule is C[C@H](OC(=O)NC1CC2CCC1C2)[C@@H](O)c1ccccc1I. The summed E-state index contributed by atoms with van der Waals surface area (Å²) < 4.78 is 6.36. The van der Waals surface area contributed by atoms with Gasteiger partial charge in [0.05, 0.1) is 0 Å². The number of benzene rings is 1. The first-order valence-electron chi connectivity index (χ1n) is 7.94. The molecule has 1 aromatic rings. The maximum absolute atomic E-state index is 12.1. The zero-order valence-electron chi connectivity index (χ0n) is 12.7. The van der Waals surface area contributed by atoms with Crippen LogP contribution in [0, 0.1) is 15.4 Å². The van der Waals surface area contributed by atoms with Crippen LogP contribution in [0.1, 0.15) is 44.3 Å². The van der Waals surface area contributed by atoms with Crippen molar-refractivity contribution >= 4 is 28.7 Å². The minimum Gasteiger partial charge on any atom is -0.443 e. The maximum atomic E-state index is 12.1. The first-order chi connectivity index (χ1) is 10.5. The number of aliphatic hydroxyl groups excluding tert-OH is 1. The Hall–Kier alpha value is -0.820. The summed E-state index contributed by atoms with van der Waals surface area (Å²) in [6.45, 7) is 1.73. The van der Waals surface area contributed by atoms with E-state index in [1.165, 1.54) is 19.3 Å². The van der Waals surface area contributed by atoms with Gasteiger partial charge in [0.1, 0.15) is 12.2 Å². The first kappa shape index (κ1) is 16.1. The summed E-state index contributed by atoms with van der Waals surface area (Å²) in [6.07, 6.45) is 3.05. The smallest absolute Gasteiger partial charge is 0.407 e.